The molecule has 1 atom stereocenters. The maximum Gasteiger partial charge on any atom is 0.245 e. The number of halogens is 2. The van der Waals surface area contributed by atoms with Crippen LogP contribution in [0.25, 0.3) is 0 Å². The zero-order valence-corrected chi connectivity index (χ0v) is 16.4. The zero-order chi connectivity index (χ0) is 18.0. The third-order valence-corrected chi connectivity index (χ3v) is 6.97. The van der Waals surface area contributed by atoms with Crippen LogP contribution in [-0.2, 0) is 14.8 Å². The van der Waals surface area contributed by atoms with Crippen LogP contribution in [0.15, 0.2) is 29.2 Å². The summed E-state index contributed by atoms with van der Waals surface area (Å²) in [7, 11) is -3.85. The number of nitrogens with one attached hydrogen (secondary N) is 1. The van der Waals surface area contributed by atoms with E-state index >= 15 is 0 Å². The number of carbonyl (C=O) groups excluding carboxylic acids is 1. The third kappa shape index (κ3) is 4.19. The number of sulfonamides is 1. The Hall–Kier alpha value is -1.22. The molecule has 2 fully saturated rings. The standard InChI is InChI=1S/C17H24FN3O3S.ClH/c1-13-12-19-8-11-21(13)17(22)14-6-9-20(10-7-14)25(23,24)16-5-3-2-4-15(16)18;/h2-5,13-14,19H,6-12H2,1H3;1H/t13-;/m0./s1. The molecule has 2 aliphatic heterocycles. The molecule has 2 saturated heterocycles. The normalized spacial score (nSPS) is 22.7. The van der Waals surface area contributed by atoms with Crippen LogP contribution in [0.2, 0.25) is 0 Å². The highest BCUT2D eigenvalue weighted by molar-refractivity contribution is 7.89. The predicted molar refractivity (Wildman–Crippen MR) is 99.2 cm³/mol. The number of nitrogens with zero attached hydrogens (tertiary/aromatic N) is 2. The number of benzene rings is 1. The average molecular weight is 406 g/mol. The van der Waals surface area contributed by atoms with Crippen molar-refractivity contribution in [2.75, 3.05) is 32.7 Å². The molecule has 6 nitrogen and oxygen atoms in total. The molecule has 2 aliphatic rings. The molecule has 1 N–H and O–H groups in total. The van der Waals surface area contributed by atoms with E-state index in [1.54, 1.807) is 0 Å². The molecule has 0 saturated carbocycles. The van der Waals surface area contributed by atoms with E-state index in [1.807, 2.05) is 11.8 Å². The largest absolute Gasteiger partial charge is 0.337 e. The highest BCUT2D eigenvalue weighted by atomic mass is 35.5. The molecular weight excluding hydrogens is 381 g/mol. The minimum Gasteiger partial charge on any atom is -0.337 e. The summed E-state index contributed by atoms with van der Waals surface area (Å²) in [6, 6.07) is 5.56. The molecule has 0 spiro atoms. The smallest absolute Gasteiger partial charge is 0.245 e. The van der Waals surface area contributed by atoms with Gasteiger partial charge in [0, 0.05) is 44.7 Å². The van der Waals surface area contributed by atoms with E-state index < -0.39 is 15.8 Å². The van der Waals surface area contributed by atoms with Crippen LogP contribution < -0.4 is 5.32 Å². The highest BCUT2D eigenvalue weighted by Gasteiger charge is 2.36. The van der Waals surface area contributed by atoms with E-state index in [2.05, 4.69) is 5.32 Å². The minimum atomic E-state index is -3.85. The van der Waals surface area contributed by atoms with Gasteiger partial charge in [-0.2, -0.15) is 4.31 Å². The van der Waals surface area contributed by atoms with Gasteiger partial charge in [-0.1, -0.05) is 12.1 Å². The van der Waals surface area contributed by atoms with E-state index in [9.17, 15) is 17.6 Å². The molecule has 2 heterocycles. The van der Waals surface area contributed by atoms with Crippen LogP contribution in [0.1, 0.15) is 19.8 Å². The Balaban J connectivity index is 0.00000243. The minimum absolute atomic E-state index is 0. The van der Waals surface area contributed by atoms with Crippen LogP contribution in [-0.4, -0.2) is 62.3 Å². The van der Waals surface area contributed by atoms with Gasteiger partial charge >= 0.3 is 0 Å². The van der Waals surface area contributed by atoms with Crippen molar-refractivity contribution in [1.29, 1.82) is 0 Å². The number of piperidine rings is 1. The molecule has 0 aliphatic carbocycles. The van der Waals surface area contributed by atoms with Crippen LogP contribution in [0, 0.1) is 11.7 Å². The molecule has 0 unspecified atom stereocenters. The van der Waals surface area contributed by atoms with Crippen molar-refractivity contribution in [3.63, 3.8) is 0 Å². The van der Waals surface area contributed by atoms with Gasteiger partial charge in [-0.05, 0) is 31.9 Å². The van der Waals surface area contributed by atoms with Gasteiger partial charge in [-0.15, -0.1) is 12.4 Å². The first kappa shape index (κ1) is 21.1. The van der Waals surface area contributed by atoms with Gasteiger partial charge in [-0.25, -0.2) is 12.8 Å². The molecule has 3 rings (SSSR count). The van der Waals surface area contributed by atoms with Gasteiger partial charge in [-0.3, -0.25) is 4.79 Å². The van der Waals surface area contributed by atoms with Crippen molar-refractivity contribution in [2.24, 2.45) is 5.92 Å². The van der Waals surface area contributed by atoms with E-state index in [4.69, 9.17) is 0 Å². The lowest BCUT2D eigenvalue weighted by atomic mass is 9.95. The molecule has 0 aromatic heterocycles. The fraction of sp³-hybridized carbons (Fsp3) is 0.588. The van der Waals surface area contributed by atoms with E-state index in [-0.39, 0.29) is 48.3 Å². The van der Waals surface area contributed by atoms with E-state index in [1.165, 1.54) is 22.5 Å². The summed E-state index contributed by atoms with van der Waals surface area (Å²) in [5.74, 6) is -0.792. The second-order valence-corrected chi connectivity index (χ2v) is 8.60. The first-order valence-electron chi connectivity index (χ1n) is 8.67. The Morgan fingerprint density at radius 2 is 1.85 bits per heavy atom. The lowest BCUT2D eigenvalue weighted by Crippen LogP contribution is -2.55. The maximum atomic E-state index is 13.9. The first-order valence-corrected chi connectivity index (χ1v) is 10.1. The molecule has 26 heavy (non-hydrogen) atoms. The number of hydrogen-bond acceptors (Lipinski definition) is 4. The lowest BCUT2D eigenvalue weighted by molar-refractivity contribution is -0.139. The monoisotopic (exact) mass is 405 g/mol. The van der Waals surface area contributed by atoms with Crippen molar-refractivity contribution in [3.05, 3.63) is 30.1 Å². The Morgan fingerprint density at radius 1 is 1.19 bits per heavy atom. The van der Waals surface area contributed by atoms with Gasteiger partial charge < -0.3 is 10.2 Å². The summed E-state index contributed by atoms with van der Waals surface area (Å²) in [6.45, 7) is 4.76. The molecule has 1 amide bonds. The molecule has 0 radical (unpaired) electrons. The fourth-order valence-electron chi connectivity index (χ4n) is 3.54. The van der Waals surface area contributed by atoms with E-state index in [0.29, 0.717) is 19.4 Å². The number of hydrogen-bond donors (Lipinski definition) is 1. The SMILES string of the molecule is C[C@H]1CNCCN1C(=O)C1CCN(S(=O)(=O)c2ccccc2F)CC1.Cl. The molecule has 1 aromatic rings. The Kier molecular flexibility index (Phi) is 7.01. The summed E-state index contributed by atoms with van der Waals surface area (Å²) in [6.07, 6.45) is 0.951. The van der Waals surface area contributed by atoms with Gasteiger partial charge in [0.15, 0.2) is 0 Å². The van der Waals surface area contributed by atoms with Gasteiger partial charge in [0.1, 0.15) is 10.7 Å². The van der Waals surface area contributed by atoms with Crippen molar-refractivity contribution in [1.82, 2.24) is 14.5 Å². The predicted octanol–water partition coefficient (Wildman–Crippen LogP) is 1.47. The second kappa shape index (κ2) is 8.65. The van der Waals surface area contributed by atoms with Crippen molar-refractivity contribution in [3.8, 4) is 0 Å². The summed E-state index contributed by atoms with van der Waals surface area (Å²) >= 11 is 0. The number of amides is 1. The van der Waals surface area contributed by atoms with Crippen LogP contribution in [0.4, 0.5) is 4.39 Å². The summed E-state index contributed by atoms with van der Waals surface area (Å²) in [5, 5.41) is 3.26. The zero-order valence-electron chi connectivity index (χ0n) is 14.7. The number of rotatable bonds is 3. The average Bonchev–Trinajstić information content (AvgIpc) is 2.62. The van der Waals surface area contributed by atoms with Crippen LogP contribution in [0.3, 0.4) is 0 Å². The lowest BCUT2D eigenvalue weighted by Gasteiger charge is -2.38. The van der Waals surface area contributed by atoms with Crippen LogP contribution >= 0.6 is 12.4 Å². The second-order valence-electron chi connectivity index (χ2n) is 6.69. The van der Waals surface area contributed by atoms with Gasteiger partial charge in [0.2, 0.25) is 15.9 Å². The van der Waals surface area contributed by atoms with Crippen molar-refractivity contribution in [2.45, 2.75) is 30.7 Å². The Morgan fingerprint density at radius 3 is 2.46 bits per heavy atom. The molecule has 146 valence electrons. The highest BCUT2D eigenvalue weighted by Crippen LogP contribution is 2.27. The van der Waals surface area contributed by atoms with Crippen LogP contribution in [0.5, 0.6) is 0 Å². The Bertz CT molecular complexity index is 739. The topological polar surface area (TPSA) is 69.7 Å². The Labute approximate surface area is 160 Å². The van der Waals surface area contributed by atoms with Crippen molar-refractivity contribution >= 4 is 28.3 Å². The van der Waals surface area contributed by atoms with Gasteiger partial charge in [0.25, 0.3) is 0 Å². The molecule has 1 aromatic carbocycles. The first-order chi connectivity index (χ1) is 11.9. The van der Waals surface area contributed by atoms with Gasteiger partial charge in [0.05, 0.1) is 0 Å². The third-order valence-electron chi connectivity index (χ3n) is 5.04. The maximum absolute atomic E-state index is 13.9. The summed E-state index contributed by atoms with van der Waals surface area (Å²) in [5.41, 5.74) is 0. The summed E-state index contributed by atoms with van der Waals surface area (Å²) < 4.78 is 40.4. The quantitative estimate of drug-likeness (QED) is 0.826. The number of carbonyl (C=O) groups is 1. The molecule has 9 heteroatoms. The van der Waals surface area contributed by atoms with E-state index in [0.717, 1.165) is 19.2 Å². The molecular formula is C17H25ClFN3O3S. The number of piperazine rings is 1. The fourth-order valence-corrected chi connectivity index (χ4v) is 5.07. The molecule has 0 bridgehead atoms. The summed E-state index contributed by atoms with van der Waals surface area (Å²) in [4.78, 5) is 14.3. The van der Waals surface area contributed by atoms with Crippen molar-refractivity contribution < 1.29 is 17.6 Å².